The minimum Gasteiger partial charge on any atom is -0.495 e. The quantitative estimate of drug-likeness (QED) is 0.535. The molecule has 2 aromatic rings. The lowest BCUT2D eigenvalue weighted by molar-refractivity contribution is -0.134. The molecule has 3 aliphatic rings. The molecule has 9 heteroatoms. The molecule has 0 aliphatic carbocycles. The third-order valence-corrected chi connectivity index (χ3v) is 8.43. The molecule has 3 N–H and O–H groups in total. The lowest BCUT2D eigenvalue weighted by Gasteiger charge is -2.46. The Labute approximate surface area is 216 Å². The molecule has 3 aliphatic heterocycles. The third kappa shape index (κ3) is 4.16. The zero-order valence-electron chi connectivity index (χ0n) is 21.4. The number of carbonyl (C=O) groups excluding carboxylic acids is 1. The van der Waals surface area contributed by atoms with E-state index in [1.54, 1.807) is 24.8 Å². The largest absolute Gasteiger partial charge is 0.495 e. The summed E-state index contributed by atoms with van der Waals surface area (Å²) in [6.07, 6.45) is 3.63. The standard InChI is InChI=1S/C27H34N6O2S/c1-6-31(7-2)11-17(4)27(34)32-12-19(13-32)33-14-20(23-25(28)29-15-30-26(23)33)22-10-18-8-16(3)9-21(35-5)24(18)36-22/h8-10,14-15,19,26H,4,6-7,11-13,28H2,1-3,5H3,(H,29,30). The third-order valence-electron chi connectivity index (χ3n) is 7.23. The van der Waals surface area contributed by atoms with E-state index in [0.29, 0.717) is 31.0 Å². The van der Waals surface area contributed by atoms with Crippen LogP contribution < -0.4 is 15.8 Å². The Bertz CT molecular complexity index is 1300. The van der Waals surface area contributed by atoms with Gasteiger partial charge in [0.05, 0.1) is 24.2 Å². The van der Waals surface area contributed by atoms with Crippen LogP contribution in [0.25, 0.3) is 15.7 Å². The van der Waals surface area contributed by atoms with Gasteiger partial charge in [-0.05, 0) is 43.1 Å². The number of ether oxygens (including phenoxy) is 1. The van der Waals surface area contributed by atoms with Crippen molar-refractivity contribution >= 4 is 39.2 Å². The van der Waals surface area contributed by atoms with Crippen LogP contribution in [0.5, 0.6) is 5.75 Å². The molecular formula is C27H34N6O2S. The SMILES string of the molecule is C=C(CN(CC)CC)C(=O)N1CC(N2C=C(c3cc4cc(C)cc(OC)c4s3)C3=C(N)NC=NC32)C1. The Hall–Kier alpha value is -3.30. The van der Waals surface area contributed by atoms with Crippen molar-refractivity contribution in [2.24, 2.45) is 10.7 Å². The van der Waals surface area contributed by atoms with Gasteiger partial charge in [0.1, 0.15) is 11.6 Å². The van der Waals surface area contributed by atoms with Gasteiger partial charge in [-0.1, -0.05) is 26.5 Å². The van der Waals surface area contributed by atoms with Crippen molar-refractivity contribution in [2.75, 3.05) is 39.8 Å². The molecule has 36 heavy (non-hydrogen) atoms. The van der Waals surface area contributed by atoms with Gasteiger partial charge < -0.3 is 25.6 Å². The van der Waals surface area contributed by atoms with Crippen LogP contribution in [-0.4, -0.2) is 79.0 Å². The zero-order chi connectivity index (χ0) is 25.6. The summed E-state index contributed by atoms with van der Waals surface area (Å²) in [5.41, 5.74) is 10.3. The molecule has 1 atom stereocenters. The summed E-state index contributed by atoms with van der Waals surface area (Å²) in [5.74, 6) is 1.54. The van der Waals surface area contributed by atoms with E-state index in [-0.39, 0.29) is 18.1 Å². The Kier molecular flexibility index (Phi) is 6.53. The Balaban J connectivity index is 1.39. The van der Waals surface area contributed by atoms with Gasteiger partial charge in [0.15, 0.2) is 6.17 Å². The maximum absolute atomic E-state index is 12.9. The van der Waals surface area contributed by atoms with Gasteiger partial charge in [-0.3, -0.25) is 9.69 Å². The number of likely N-dealkylation sites (N-methyl/N-ethyl adjacent to an activating group) is 1. The fourth-order valence-electron chi connectivity index (χ4n) is 5.14. The maximum Gasteiger partial charge on any atom is 0.250 e. The van der Waals surface area contributed by atoms with Gasteiger partial charge in [0.2, 0.25) is 0 Å². The van der Waals surface area contributed by atoms with Gasteiger partial charge in [0.25, 0.3) is 5.91 Å². The van der Waals surface area contributed by atoms with Crippen molar-refractivity contribution in [3.05, 3.63) is 58.4 Å². The second-order valence-electron chi connectivity index (χ2n) is 9.54. The summed E-state index contributed by atoms with van der Waals surface area (Å²) in [4.78, 5) is 25.1. The summed E-state index contributed by atoms with van der Waals surface area (Å²) in [6, 6.07) is 6.61. The van der Waals surface area contributed by atoms with Gasteiger partial charge in [-0.2, -0.15) is 0 Å². The number of hydrogen-bond donors (Lipinski definition) is 2. The van der Waals surface area contributed by atoms with Crippen LogP contribution in [0.1, 0.15) is 24.3 Å². The summed E-state index contributed by atoms with van der Waals surface area (Å²) in [6.45, 7) is 14.0. The molecule has 1 fully saturated rings. The molecule has 190 valence electrons. The number of nitrogens with two attached hydrogens (primary N) is 1. The van der Waals surface area contributed by atoms with E-state index in [4.69, 9.17) is 15.5 Å². The molecule has 8 nitrogen and oxygen atoms in total. The Morgan fingerprint density at radius 2 is 2.06 bits per heavy atom. The smallest absolute Gasteiger partial charge is 0.250 e. The molecule has 0 radical (unpaired) electrons. The topological polar surface area (TPSA) is 86.4 Å². The highest BCUT2D eigenvalue weighted by atomic mass is 32.1. The molecule has 0 bridgehead atoms. The van der Waals surface area contributed by atoms with Gasteiger partial charge in [0, 0.05) is 47.4 Å². The average molecular weight is 507 g/mol. The highest BCUT2D eigenvalue weighted by molar-refractivity contribution is 7.20. The molecule has 0 saturated carbocycles. The molecule has 1 aromatic carbocycles. The van der Waals surface area contributed by atoms with Crippen LogP contribution in [0.4, 0.5) is 0 Å². The predicted molar refractivity (Wildman–Crippen MR) is 147 cm³/mol. The normalized spacial score (nSPS) is 19.5. The average Bonchev–Trinajstić information content (AvgIpc) is 3.43. The number of nitrogens with zero attached hydrogens (tertiary/aromatic N) is 4. The van der Waals surface area contributed by atoms with Crippen molar-refractivity contribution in [2.45, 2.75) is 33.0 Å². The number of fused-ring (bicyclic) bond motifs is 2. The van der Waals surface area contributed by atoms with Crippen molar-refractivity contribution in [1.82, 2.24) is 20.0 Å². The molecule has 5 rings (SSSR count). The summed E-state index contributed by atoms with van der Waals surface area (Å²) in [5, 5.41) is 4.24. The number of likely N-dealkylation sites (tertiary alicyclic amines) is 1. The van der Waals surface area contributed by atoms with E-state index in [1.165, 1.54) is 0 Å². The van der Waals surface area contributed by atoms with Crippen LogP contribution in [-0.2, 0) is 4.79 Å². The molecule has 1 amide bonds. The molecular weight excluding hydrogens is 472 g/mol. The predicted octanol–water partition coefficient (Wildman–Crippen LogP) is 3.11. The second-order valence-corrected chi connectivity index (χ2v) is 10.6. The number of benzene rings is 1. The number of rotatable bonds is 8. The first-order chi connectivity index (χ1) is 17.3. The molecule has 0 spiro atoms. The first-order valence-corrected chi connectivity index (χ1v) is 13.2. The maximum atomic E-state index is 12.9. The van der Waals surface area contributed by atoms with Gasteiger partial charge >= 0.3 is 0 Å². The highest BCUT2D eigenvalue weighted by Gasteiger charge is 2.43. The number of hydrogen-bond acceptors (Lipinski definition) is 8. The minimum atomic E-state index is -0.198. The molecule has 1 saturated heterocycles. The van der Waals surface area contributed by atoms with Crippen molar-refractivity contribution in [3.8, 4) is 5.75 Å². The zero-order valence-corrected chi connectivity index (χ0v) is 22.2. The van der Waals surface area contributed by atoms with Crippen LogP contribution in [0.3, 0.4) is 0 Å². The summed E-state index contributed by atoms with van der Waals surface area (Å²) < 4.78 is 6.77. The van der Waals surface area contributed by atoms with Crippen LogP contribution in [0.2, 0.25) is 0 Å². The van der Waals surface area contributed by atoms with E-state index in [0.717, 1.165) is 50.5 Å². The lowest BCUT2D eigenvalue weighted by atomic mass is 10.0. The van der Waals surface area contributed by atoms with Crippen LogP contribution in [0.15, 0.2) is 52.9 Å². The van der Waals surface area contributed by atoms with Gasteiger partial charge in [-0.25, -0.2) is 4.99 Å². The fraction of sp³-hybridized carbons (Fsp3) is 0.407. The highest BCUT2D eigenvalue weighted by Crippen LogP contribution is 2.45. The Morgan fingerprint density at radius 3 is 2.75 bits per heavy atom. The number of amides is 1. The van der Waals surface area contributed by atoms with Gasteiger partial charge in [-0.15, -0.1) is 11.3 Å². The van der Waals surface area contributed by atoms with Crippen molar-refractivity contribution in [1.29, 1.82) is 0 Å². The summed E-state index contributed by atoms with van der Waals surface area (Å²) >= 11 is 1.70. The van der Waals surface area contributed by atoms with Crippen LogP contribution in [0, 0.1) is 6.92 Å². The van der Waals surface area contributed by atoms with Crippen LogP contribution >= 0.6 is 11.3 Å². The number of aliphatic imine (C=N–C) groups is 1. The first-order valence-electron chi connectivity index (χ1n) is 12.4. The van der Waals surface area contributed by atoms with Crippen molar-refractivity contribution in [3.63, 3.8) is 0 Å². The van der Waals surface area contributed by atoms with E-state index in [2.05, 4.69) is 66.9 Å². The second kappa shape index (κ2) is 9.63. The molecule has 1 unspecified atom stereocenters. The van der Waals surface area contributed by atoms with E-state index < -0.39 is 0 Å². The van der Waals surface area contributed by atoms with E-state index in [1.807, 2.05) is 4.90 Å². The first kappa shape index (κ1) is 24.4. The number of carbonyl (C=O) groups is 1. The number of nitrogens with one attached hydrogen (secondary N) is 1. The lowest BCUT2D eigenvalue weighted by Crippen LogP contribution is -2.61. The molecule has 1 aromatic heterocycles. The Morgan fingerprint density at radius 1 is 1.31 bits per heavy atom. The number of thiophene rings is 1. The van der Waals surface area contributed by atoms with Crippen molar-refractivity contribution < 1.29 is 9.53 Å². The van der Waals surface area contributed by atoms with E-state index in [9.17, 15) is 4.79 Å². The number of aryl methyl sites for hydroxylation is 1. The minimum absolute atomic E-state index is 0.0395. The van der Waals surface area contributed by atoms with E-state index >= 15 is 0 Å². The monoisotopic (exact) mass is 506 g/mol. The number of methoxy groups -OCH3 is 1. The summed E-state index contributed by atoms with van der Waals surface area (Å²) in [7, 11) is 1.71. The fourth-order valence-corrected chi connectivity index (χ4v) is 6.29. The molecule has 4 heterocycles.